The van der Waals surface area contributed by atoms with Gasteiger partial charge < -0.3 is 16.3 Å². The van der Waals surface area contributed by atoms with E-state index in [1.807, 2.05) is 0 Å². The first-order valence-corrected chi connectivity index (χ1v) is 5.54. The fraction of sp³-hybridized carbons (Fsp3) is 0.200. The molecule has 1 aromatic carbocycles. The van der Waals surface area contributed by atoms with Crippen molar-refractivity contribution in [2.24, 2.45) is 10.9 Å². The summed E-state index contributed by atoms with van der Waals surface area (Å²) in [5.74, 6) is -1.17. The van der Waals surface area contributed by atoms with Crippen molar-refractivity contribution in [3.8, 4) is 0 Å². The Balaban J connectivity index is 2.65. The monoisotopic (exact) mass is 303 g/mol. The summed E-state index contributed by atoms with van der Waals surface area (Å²) in [6.07, 6.45) is 0.189. The second kappa shape index (κ2) is 6.19. The summed E-state index contributed by atoms with van der Waals surface area (Å²) in [6.45, 7) is 0.162. The number of halogens is 2. The van der Waals surface area contributed by atoms with E-state index in [2.05, 4.69) is 26.4 Å². The van der Waals surface area contributed by atoms with Gasteiger partial charge in [-0.05, 0) is 28.1 Å². The van der Waals surface area contributed by atoms with Crippen LogP contribution < -0.4 is 11.1 Å². The summed E-state index contributed by atoms with van der Waals surface area (Å²) in [5.41, 5.74) is 5.16. The Labute approximate surface area is 106 Å². The number of benzene rings is 1. The second-order valence-corrected chi connectivity index (χ2v) is 4.05. The fourth-order valence-corrected chi connectivity index (χ4v) is 1.68. The van der Waals surface area contributed by atoms with Gasteiger partial charge in [0.1, 0.15) is 11.7 Å². The SMILES string of the molecule is N/C(CCNC(=O)c1c(F)cccc1Br)=N/O. The maximum Gasteiger partial charge on any atom is 0.255 e. The molecular formula is C10H11BrFN3O2. The van der Waals surface area contributed by atoms with Crippen LogP contribution in [0.3, 0.4) is 0 Å². The van der Waals surface area contributed by atoms with Crippen LogP contribution in [0.25, 0.3) is 0 Å². The lowest BCUT2D eigenvalue weighted by Crippen LogP contribution is -2.28. The minimum absolute atomic E-state index is 0.00195. The van der Waals surface area contributed by atoms with Crippen molar-refractivity contribution >= 4 is 27.7 Å². The zero-order valence-corrected chi connectivity index (χ0v) is 10.4. The number of nitrogens with zero attached hydrogens (tertiary/aromatic N) is 1. The molecule has 1 rings (SSSR count). The van der Waals surface area contributed by atoms with Crippen LogP contribution in [0.4, 0.5) is 4.39 Å². The zero-order valence-electron chi connectivity index (χ0n) is 8.78. The van der Waals surface area contributed by atoms with E-state index in [1.165, 1.54) is 12.1 Å². The van der Waals surface area contributed by atoms with E-state index in [4.69, 9.17) is 10.9 Å². The average molecular weight is 304 g/mol. The highest BCUT2D eigenvalue weighted by atomic mass is 79.9. The van der Waals surface area contributed by atoms with Gasteiger partial charge in [0.15, 0.2) is 0 Å². The number of carbonyl (C=O) groups excluding carboxylic acids is 1. The van der Waals surface area contributed by atoms with E-state index < -0.39 is 11.7 Å². The molecule has 0 aliphatic rings. The predicted octanol–water partition coefficient (Wildman–Crippen LogP) is 1.45. The molecule has 0 aromatic heterocycles. The predicted molar refractivity (Wildman–Crippen MR) is 64.5 cm³/mol. The number of amidine groups is 1. The third-order valence-corrected chi connectivity index (χ3v) is 2.65. The molecular weight excluding hydrogens is 293 g/mol. The maximum atomic E-state index is 13.4. The number of rotatable bonds is 4. The molecule has 0 aliphatic carbocycles. The highest BCUT2D eigenvalue weighted by Crippen LogP contribution is 2.19. The number of hydrogen-bond donors (Lipinski definition) is 3. The Hall–Kier alpha value is -1.63. The van der Waals surface area contributed by atoms with E-state index in [9.17, 15) is 9.18 Å². The normalized spacial score (nSPS) is 11.3. The molecule has 0 aliphatic heterocycles. The lowest BCUT2D eigenvalue weighted by molar-refractivity contribution is 0.0950. The topological polar surface area (TPSA) is 87.7 Å². The van der Waals surface area contributed by atoms with Crippen molar-refractivity contribution in [3.05, 3.63) is 34.1 Å². The third-order valence-electron chi connectivity index (χ3n) is 1.98. The molecule has 4 N–H and O–H groups in total. The van der Waals surface area contributed by atoms with Crippen molar-refractivity contribution < 1.29 is 14.4 Å². The van der Waals surface area contributed by atoms with Crippen molar-refractivity contribution in [2.45, 2.75) is 6.42 Å². The van der Waals surface area contributed by atoms with Crippen LogP contribution >= 0.6 is 15.9 Å². The number of amides is 1. The second-order valence-electron chi connectivity index (χ2n) is 3.19. The Morgan fingerprint density at radius 2 is 2.29 bits per heavy atom. The van der Waals surface area contributed by atoms with Crippen LogP contribution in [-0.2, 0) is 0 Å². The summed E-state index contributed by atoms with van der Waals surface area (Å²) in [5, 5.41) is 13.5. The minimum Gasteiger partial charge on any atom is -0.409 e. The van der Waals surface area contributed by atoms with E-state index in [1.54, 1.807) is 6.07 Å². The molecule has 17 heavy (non-hydrogen) atoms. The first kappa shape index (κ1) is 13.4. The molecule has 1 aromatic rings. The van der Waals surface area contributed by atoms with E-state index in [-0.39, 0.29) is 24.4 Å². The van der Waals surface area contributed by atoms with E-state index in [0.29, 0.717) is 4.47 Å². The summed E-state index contributed by atoms with van der Waals surface area (Å²) in [7, 11) is 0. The molecule has 5 nitrogen and oxygen atoms in total. The lowest BCUT2D eigenvalue weighted by atomic mass is 10.2. The minimum atomic E-state index is -0.610. The van der Waals surface area contributed by atoms with Crippen molar-refractivity contribution in [1.82, 2.24) is 5.32 Å². The number of carbonyl (C=O) groups is 1. The van der Waals surface area contributed by atoms with Crippen LogP contribution in [0.2, 0.25) is 0 Å². The molecule has 0 unspecified atom stereocenters. The highest BCUT2D eigenvalue weighted by molar-refractivity contribution is 9.10. The largest absolute Gasteiger partial charge is 0.409 e. The number of hydrogen-bond acceptors (Lipinski definition) is 3. The van der Waals surface area contributed by atoms with Crippen LogP contribution in [0.5, 0.6) is 0 Å². The van der Waals surface area contributed by atoms with Crippen LogP contribution in [0.1, 0.15) is 16.8 Å². The van der Waals surface area contributed by atoms with E-state index in [0.717, 1.165) is 0 Å². The molecule has 0 atom stereocenters. The van der Waals surface area contributed by atoms with Gasteiger partial charge in [-0.1, -0.05) is 11.2 Å². The van der Waals surface area contributed by atoms with Gasteiger partial charge in [-0.3, -0.25) is 4.79 Å². The Bertz CT molecular complexity index is 431. The maximum absolute atomic E-state index is 13.4. The number of nitrogens with two attached hydrogens (primary N) is 1. The van der Waals surface area contributed by atoms with Gasteiger partial charge in [-0.15, -0.1) is 0 Å². The fourth-order valence-electron chi connectivity index (χ4n) is 1.16. The summed E-state index contributed by atoms with van der Waals surface area (Å²) >= 11 is 3.09. The van der Waals surface area contributed by atoms with Gasteiger partial charge in [-0.2, -0.15) is 0 Å². The molecule has 1 amide bonds. The highest BCUT2D eigenvalue weighted by Gasteiger charge is 2.14. The van der Waals surface area contributed by atoms with Gasteiger partial charge in [0, 0.05) is 17.4 Å². The molecule has 92 valence electrons. The van der Waals surface area contributed by atoms with Gasteiger partial charge in [0.05, 0.1) is 5.56 Å². The number of nitrogens with one attached hydrogen (secondary N) is 1. The van der Waals surface area contributed by atoms with Gasteiger partial charge in [0.2, 0.25) is 0 Å². The van der Waals surface area contributed by atoms with Crippen LogP contribution in [-0.4, -0.2) is 23.5 Å². The first-order chi connectivity index (χ1) is 8.06. The van der Waals surface area contributed by atoms with Crippen molar-refractivity contribution in [1.29, 1.82) is 0 Å². The molecule has 0 radical (unpaired) electrons. The first-order valence-electron chi connectivity index (χ1n) is 4.75. The van der Waals surface area contributed by atoms with Gasteiger partial charge >= 0.3 is 0 Å². The molecule has 0 saturated heterocycles. The molecule has 0 spiro atoms. The summed E-state index contributed by atoms with van der Waals surface area (Å²) < 4.78 is 13.7. The van der Waals surface area contributed by atoms with Gasteiger partial charge in [0.25, 0.3) is 5.91 Å². The molecule has 0 bridgehead atoms. The van der Waals surface area contributed by atoms with Gasteiger partial charge in [-0.25, -0.2) is 4.39 Å². The molecule has 0 heterocycles. The molecule has 0 fully saturated rings. The smallest absolute Gasteiger partial charge is 0.255 e. The van der Waals surface area contributed by atoms with Crippen LogP contribution in [0.15, 0.2) is 27.8 Å². The van der Waals surface area contributed by atoms with Crippen molar-refractivity contribution in [3.63, 3.8) is 0 Å². The Morgan fingerprint density at radius 1 is 1.59 bits per heavy atom. The summed E-state index contributed by atoms with van der Waals surface area (Å²) in [6, 6.07) is 4.26. The van der Waals surface area contributed by atoms with Crippen molar-refractivity contribution in [2.75, 3.05) is 6.54 Å². The summed E-state index contributed by atoms with van der Waals surface area (Å²) in [4.78, 5) is 11.6. The lowest BCUT2D eigenvalue weighted by Gasteiger charge is -2.07. The van der Waals surface area contributed by atoms with E-state index >= 15 is 0 Å². The average Bonchev–Trinajstić information content (AvgIpc) is 2.28. The quantitative estimate of drug-likeness (QED) is 0.340. The zero-order chi connectivity index (χ0) is 12.8. The number of oxime groups is 1. The molecule has 7 heteroatoms. The van der Waals surface area contributed by atoms with Crippen LogP contribution in [0, 0.1) is 5.82 Å². The molecule has 0 saturated carbocycles. The third kappa shape index (κ3) is 3.70. The Kier molecular flexibility index (Phi) is 4.89. The standard InChI is InChI=1S/C10H11BrFN3O2/c11-6-2-1-3-7(12)9(6)10(16)14-5-4-8(13)15-17/h1-3,17H,4-5H2,(H2,13,15)(H,14,16). The Morgan fingerprint density at radius 3 is 2.88 bits per heavy atom.